The molecule has 1 heterocycles. The molecule has 0 aliphatic carbocycles. The van der Waals surface area contributed by atoms with Crippen molar-refractivity contribution >= 4 is 21.8 Å². The molecule has 1 fully saturated rings. The lowest BCUT2D eigenvalue weighted by molar-refractivity contribution is 0.167. The molecule has 8 heteroatoms. The average Bonchev–Trinajstić information content (AvgIpc) is 2.57. The molecule has 0 aromatic heterocycles. The number of rotatable bonds is 6. The molecule has 1 aliphatic heterocycles. The third-order valence-electron chi connectivity index (χ3n) is 4.14. The topological polar surface area (TPSA) is 84.9 Å². The second kappa shape index (κ2) is 8.53. The second-order valence-electron chi connectivity index (χ2n) is 6.02. The summed E-state index contributed by atoms with van der Waals surface area (Å²) in [4.78, 5) is 11.9. The van der Waals surface area contributed by atoms with Crippen LogP contribution < -0.4 is 10.1 Å². The summed E-state index contributed by atoms with van der Waals surface area (Å²) in [6.07, 6.45) is 1.05. The first-order valence-corrected chi connectivity index (χ1v) is 10.0. The zero-order valence-corrected chi connectivity index (χ0v) is 15.8. The first kappa shape index (κ1) is 19.5. The lowest BCUT2D eigenvalue weighted by Gasteiger charge is -2.29. The molecule has 1 aromatic rings. The van der Waals surface area contributed by atoms with Crippen molar-refractivity contribution in [1.29, 1.82) is 0 Å². The Bertz CT molecular complexity index is 697. The Morgan fingerprint density at radius 1 is 1.24 bits per heavy atom. The van der Waals surface area contributed by atoms with Gasteiger partial charge in [0.25, 0.3) is 0 Å². The fourth-order valence-corrected chi connectivity index (χ4v) is 4.20. The maximum Gasteiger partial charge on any atom is 0.411 e. The summed E-state index contributed by atoms with van der Waals surface area (Å²) >= 11 is 0. The zero-order valence-electron chi connectivity index (χ0n) is 14.9. The molecule has 0 bridgehead atoms. The number of hydrogen-bond acceptors (Lipinski definition) is 5. The molecular weight excluding hydrogens is 344 g/mol. The van der Waals surface area contributed by atoms with Gasteiger partial charge >= 0.3 is 6.09 Å². The third-order valence-corrected chi connectivity index (χ3v) is 6.04. The Morgan fingerprint density at radius 2 is 1.92 bits per heavy atom. The highest BCUT2D eigenvalue weighted by atomic mass is 32.2. The molecule has 1 aliphatic rings. The molecule has 140 valence electrons. The Hall–Kier alpha value is -1.80. The number of amides is 1. The number of nitrogens with one attached hydrogen (secondary N) is 1. The standard InChI is InChI=1S/C17H26N2O5S/c1-4-23-16-7-6-14(12-15(16)18-17(20)24-5-2)25(21,22)19-10-8-13(3)9-11-19/h6-7,12-13H,4-5,8-11H2,1-3H3,(H,18,20). The lowest BCUT2D eigenvalue weighted by Crippen LogP contribution is -2.37. The molecule has 25 heavy (non-hydrogen) atoms. The van der Waals surface area contributed by atoms with Gasteiger partial charge in [-0.2, -0.15) is 4.31 Å². The molecule has 1 aromatic carbocycles. The van der Waals surface area contributed by atoms with E-state index in [1.54, 1.807) is 13.0 Å². The van der Waals surface area contributed by atoms with Gasteiger partial charge in [0.15, 0.2) is 0 Å². The van der Waals surface area contributed by atoms with Gasteiger partial charge in [-0.05, 0) is 50.8 Å². The minimum atomic E-state index is -3.60. The summed E-state index contributed by atoms with van der Waals surface area (Å²) in [7, 11) is -3.60. The number of benzene rings is 1. The fraction of sp³-hybridized carbons (Fsp3) is 0.588. The fourth-order valence-electron chi connectivity index (χ4n) is 2.70. The number of nitrogens with zero attached hydrogens (tertiary/aromatic N) is 1. The number of sulfonamides is 1. The van der Waals surface area contributed by atoms with E-state index in [0.717, 1.165) is 12.8 Å². The summed E-state index contributed by atoms with van der Waals surface area (Å²) in [5, 5.41) is 2.55. The summed E-state index contributed by atoms with van der Waals surface area (Å²) in [5.41, 5.74) is 0.284. The number of hydrogen-bond donors (Lipinski definition) is 1. The van der Waals surface area contributed by atoms with Gasteiger partial charge in [-0.25, -0.2) is 13.2 Å². The van der Waals surface area contributed by atoms with Gasteiger partial charge in [0.1, 0.15) is 5.75 Å². The number of carbonyl (C=O) groups is 1. The normalized spacial score (nSPS) is 16.4. The van der Waals surface area contributed by atoms with Crippen LogP contribution in [0.1, 0.15) is 33.6 Å². The van der Waals surface area contributed by atoms with E-state index >= 15 is 0 Å². The maximum absolute atomic E-state index is 12.9. The molecule has 1 amide bonds. The van der Waals surface area contributed by atoms with E-state index < -0.39 is 16.1 Å². The van der Waals surface area contributed by atoms with Crippen LogP contribution in [0.5, 0.6) is 5.75 Å². The van der Waals surface area contributed by atoms with Crippen molar-refractivity contribution in [3.8, 4) is 5.75 Å². The van der Waals surface area contributed by atoms with Crippen molar-refractivity contribution in [3.05, 3.63) is 18.2 Å². The van der Waals surface area contributed by atoms with Crippen molar-refractivity contribution in [1.82, 2.24) is 4.31 Å². The van der Waals surface area contributed by atoms with Crippen LogP contribution in [0.3, 0.4) is 0 Å². The summed E-state index contributed by atoms with van der Waals surface area (Å²) in [6, 6.07) is 4.49. The van der Waals surface area contributed by atoms with Crippen LogP contribution in [0.25, 0.3) is 0 Å². The molecule has 1 saturated heterocycles. The van der Waals surface area contributed by atoms with E-state index in [4.69, 9.17) is 9.47 Å². The number of piperidine rings is 1. The van der Waals surface area contributed by atoms with E-state index in [0.29, 0.717) is 31.4 Å². The Labute approximate surface area is 149 Å². The summed E-state index contributed by atoms with van der Waals surface area (Å²) in [6.45, 7) is 7.28. The van der Waals surface area contributed by atoms with E-state index in [2.05, 4.69) is 12.2 Å². The number of ether oxygens (including phenoxy) is 2. The first-order valence-electron chi connectivity index (χ1n) is 8.59. The highest BCUT2D eigenvalue weighted by Crippen LogP contribution is 2.31. The van der Waals surface area contributed by atoms with Crippen molar-refractivity contribution in [2.45, 2.75) is 38.5 Å². The van der Waals surface area contributed by atoms with E-state index in [-0.39, 0.29) is 17.2 Å². The van der Waals surface area contributed by atoms with Crippen molar-refractivity contribution in [2.24, 2.45) is 5.92 Å². The molecule has 2 rings (SSSR count). The zero-order chi connectivity index (χ0) is 18.4. The number of carbonyl (C=O) groups excluding carboxylic acids is 1. The van der Waals surface area contributed by atoms with Crippen LogP contribution in [0.2, 0.25) is 0 Å². The molecule has 7 nitrogen and oxygen atoms in total. The minimum absolute atomic E-state index is 0.136. The van der Waals surface area contributed by atoms with Gasteiger partial charge in [-0.3, -0.25) is 5.32 Å². The van der Waals surface area contributed by atoms with Crippen LogP contribution in [0.4, 0.5) is 10.5 Å². The van der Waals surface area contributed by atoms with Gasteiger partial charge in [-0.1, -0.05) is 6.92 Å². The second-order valence-corrected chi connectivity index (χ2v) is 7.96. The van der Waals surface area contributed by atoms with Crippen molar-refractivity contribution in [2.75, 3.05) is 31.6 Å². The minimum Gasteiger partial charge on any atom is -0.492 e. The maximum atomic E-state index is 12.9. The molecular formula is C17H26N2O5S. The Balaban J connectivity index is 2.29. The van der Waals surface area contributed by atoms with Gasteiger partial charge in [0.05, 0.1) is 23.8 Å². The quantitative estimate of drug-likeness (QED) is 0.832. The third kappa shape index (κ3) is 4.85. The SMILES string of the molecule is CCOC(=O)Nc1cc(S(=O)(=O)N2CCC(C)CC2)ccc1OCC. The molecule has 0 radical (unpaired) electrons. The van der Waals surface area contributed by atoms with Gasteiger partial charge in [0, 0.05) is 13.1 Å². The Kier molecular flexibility index (Phi) is 6.66. The van der Waals surface area contributed by atoms with Gasteiger partial charge in [-0.15, -0.1) is 0 Å². The molecule has 0 unspecified atom stereocenters. The van der Waals surface area contributed by atoms with E-state index in [1.165, 1.54) is 16.4 Å². The van der Waals surface area contributed by atoms with Crippen LogP contribution >= 0.6 is 0 Å². The monoisotopic (exact) mass is 370 g/mol. The van der Waals surface area contributed by atoms with Crippen LogP contribution in [0.15, 0.2) is 23.1 Å². The highest BCUT2D eigenvalue weighted by Gasteiger charge is 2.28. The molecule has 0 spiro atoms. The van der Waals surface area contributed by atoms with Crippen molar-refractivity contribution in [3.63, 3.8) is 0 Å². The van der Waals surface area contributed by atoms with Crippen LogP contribution in [-0.4, -0.2) is 45.1 Å². The summed E-state index contributed by atoms with van der Waals surface area (Å²) in [5.74, 6) is 0.939. The van der Waals surface area contributed by atoms with E-state index in [9.17, 15) is 13.2 Å². The van der Waals surface area contributed by atoms with Crippen LogP contribution in [-0.2, 0) is 14.8 Å². The van der Waals surface area contributed by atoms with E-state index in [1.807, 2.05) is 6.92 Å². The van der Waals surface area contributed by atoms with Crippen molar-refractivity contribution < 1.29 is 22.7 Å². The first-order chi connectivity index (χ1) is 11.9. The van der Waals surface area contributed by atoms with Crippen LogP contribution in [0, 0.1) is 5.92 Å². The molecule has 0 atom stereocenters. The van der Waals surface area contributed by atoms with Gasteiger partial charge in [0.2, 0.25) is 10.0 Å². The Morgan fingerprint density at radius 3 is 2.52 bits per heavy atom. The summed E-state index contributed by atoms with van der Waals surface area (Å²) < 4.78 is 37.6. The highest BCUT2D eigenvalue weighted by molar-refractivity contribution is 7.89. The average molecular weight is 370 g/mol. The predicted molar refractivity (Wildman–Crippen MR) is 95.4 cm³/mol. The smallest absolute Gasteiger partial charge is 0.411 e. The predicted octanol–water partition coefficient (Wildman–Crippen LogP) is 3.07. The molecule has 0 saturated carbocycles. The van der Waals surface area contributed by atoms with Gasteiger partial charge < -0.3 is 9.47 Å². The number of anilines is 1. The lowest BCUT2D eigenvalue weighted by atomic mass is 10.0. The molecule has 1 N–H and O–H groups in total. The largest absolute Gasteiger partial charge is 0.492 e.